The molecule has 0 amide bonds. The fourth-order valence-corrected chi connectivity index (χ4v) is 0.783. The van der Waals surface area contributed by atoms with E-state index in [1.165, 1.54) is 0 Å². The van der Waals surface area contributed by atoms with Crippen LogP contribution in [0.3, 0.4) is 0 Å². The summed E-state index contributed by atoms with van der Waals surface area (Å²) in [5.41, 5.74) is 1.03. The monoisotopic (exact) mass is 149 g/mol. The van der Waals surface area contributed by atoms with E-state index in [0.717, 1.165) is 10.9 Å². The SMILES string of the molecule is CC.c1cc2[nH]ncc2cn1. The van der Waals surface area contributed by atoms with Crippen molar-refractivity contribution in [3.05, 3.63) is 24.7 Å². The fraction of sp³-hybridized carbons (Fsp3) is 0.250. The van der Waals surface area contributed by atoms with E-state index in [-0.39, 0.29) is 0 Å². The van der Waals surface area contributed by atoms with Crippen molar-refractivity contribution in [1.82, 2.24) is 15.2 Å². The first-order valence-corrected chi connectivity index (χ1v) is 3.70. The quantitative estimate of drug-likeness (QED) is 0.622. The Morgan fingerprint density at radius 3 is 2.82 bits per heavy atom. The molecular weight excluding hydrogens is 138 g/mol. The second-order valence-electron chi connectivity index (χ2n) is 1.83. The van der Waals surface area contributed by atoms with Crippen molar-refractivity contribution in [1.29, 1.82) is 0 Å². The van der Waals surface area contributed by atoms with Gasteiger partial charge in [0.05, 0.1) is 11.7 Å². The van der Waals surface area contributed by atoms with Crippen LogP contribution in [0.5, 0.6) is 0 Å². The van der Waals surface area contributed by atoms with Gasteiger partial charge in [0.1, 0.15) is 0 Å². The molecule has 11 heavy (non-hydrogen) atoms. The lowest BCUT2D eigenvalue weighted by Gasteiger charge is -1.80. The molecule has 1 N–H and O–H groups in total. The van der Waals surface area contributed by atoms with Gasteiger partial charge in [0.25, 0.3) is 0 Å². The van der Waals surface area contributed by atoms with Crippen molar-refractivity contribution in [3.8, 4) is 0 Å². The number of pyridine rings is 1. The highest BCUT2D eigenvalue weighted by Gasteiger charge is 1.89. The Morgan fingerprint density at radius 2 is 2.09 bits per heavy atom. The minimum atomic E-state index is 1.03. The lowest BCUT2D eigenvalue weighted by molar-refractivity contribution is 1.12. The van der Waals surface area contributed by atoms with E-state index in [1.54, 1.807) is 18.6 Å². The Hall–Kier alpha value is -1.38. The molecule has 0 bridgehead atoms. The zero-order chi connectivity index (χ0) is 8.10. The van der Waals surface area contributed by atoms with Gasteiger partial charge in [-0.25, -0.2) is 0 Å². The summed E-state index contributed by atoms with van der Waals surface area (Å²) in [5.74, 6) is 0. The summed E-state index contributed by atoms with van der Waals surface area (Å²) in [7, 11) is 0. The summed E-state index contributed by atoms with van der Waals surface area (Å²) in [6.07, 6.45) is 5.27. The first kappa shape index (κ1) is 7.72. The molecule has 2 rings (SSSR count). The van der Waals surface area contributed by atoms with Gasteiger partial charge in [-0.3, -0.25) is 10.1 Å². The summed E-state index contributed by atoms with van der Waals surface area (Å²) in [6.45, 7) is 4.00. The number of rotatable bonds is 0. The predicted octanol–water partition coefficient (Wildman–Crippen LogP) is 1.98. The molecule has 3 heteroatoms. The van der Waals surface area contributed by atoms with Crippen LogP contribution in [0.4, 0.5) is 0 Å². The molecule has 0 radical (unpaired) electrons. The standard InChI is InChI=1S/C6H5N3.C2H6/c1-2-7-3-5-4-8-9-6(1)5;1-2/h1-4H,(H,8,9);1-2H3. The van der Waals surface area contributed by atoms with Gasteiger partial charge in [-0.05, 0) is 6.07 Å². The molecule has 0 fully saturated rings. The average molecular weight is 149 g/mol. The number of nitrogens with one attached hydrogen (secondary N) is 1. The van der Waals surface area contributed by atoms with Crippen molar-refractivity contribution in [2.75, 3.05) is 0 Å². The zero-order valence-corrected chi connectivity index (χ0v) is 6.70. The van der Waals surface area contributed by atoms with Crippen LogP contribution in [0, 0.1) is 0 Å². The third-order valence-electron chi connectivity index (χ3n) is 1.24. The Bertz CT molecular complexity index is 283. The maximum absolute atomic E-state index is 3.93. The van der Waals surface area contributed by atoms with E-state index >= 15 is 0 Å². The van der Waals surface area contributed by atoms with Crippen molar-refractivity contribution < 1.29 is 0 Å². The topological polar surface area (TPSA) is 41.6 Å². The van der Waals surface area contributed by atoms with Crippen LogP contribution in [0.25, 0.3) is 10.9 Å². The van der Waals surface area contributed by atoms with E-state index < -0.39 is 0 Å². The molecule has 0 unspecified atom stereocenters. The van der Waals surface area contributed by atoms with Crippen molar-refractivity contribution >= 4 is 10.9 Å². The van der Waals surface area contributed by atoms with Gasteiger partial charge in [-0.2, -0.15) is 5.10 Å². The van der Waals surface area contributed by atoms with E-state index in [0.29, 0.717) is 0 Å². The molecule has 0 aliphatic rings. The van der Waals surface area contributed by atoms with Gasteiger partial charge in [-0.15, -0.1) is 0 Å². The molecule has 2 aromatic rings. The molecule has 2 heterocycles. The molecule has 2 aromatic heterocycles. The number of hydrogen-bond acceptors (Lipinski definition) is 2. The fourth-order valence-electron chi connectivity index (χ4n) is 0.783. The first-order valence-electron chi connectivity index (χ1n) is 3.70. The second-order valence-corrected chi connectivity index (χ2v) is 1.83. The molecule has 0 aliphatic heterocycles. The van der Waals surface area contributed by atoms with Crippen LogP contribution in [-0.4, -0.2) is 15.2 Å². The number of aromatic nitrogens is 3. The largest absolute Gasteiger partial charge is 0.278 e. The predicted molar refractivity (Wildman–Crippen MR) is 45.2 cm³/mol. The third kappa shape index (κ3) is 1.55. The minimum absolute atomic E-state index is 1.03. The van der Waals surface area contributed by atoms with Gasteiger partial charge in [-0.1, -0.05) is 13.8 Å². The van der Waals surface area contributed by atoms with Crippen LogP contribution < -0.4 is 0 Å². The number of fused-ring (bicyclic) bond motifs is 1. The van der Waals surface area contributed by atoms with Crippen molar-refractivity contribution in [3.63, 3.8) is 0 Å². The summed E-state index contributed by atoms with van der Waals surface area (Å²) < 4.78 is 0. The summed E-state index contributed by atoms with van der Waals surface area (Å²) in [6, 6.07) is 1.89. The Labute approximate surface area is 65.5 Å². The highest BCUT2D eigenvalue weighted by molar-refractivity contribution is 5.75. The smallest absolute Gasteiger partial charge is 0.0681 e. The molecule has 0 aromatic carbocycles. The van der Waals surface area contributed by atoms with Crippen molar-refractivity contribution in [2.45, 2.75) is 13.8 Å². The normalized spacial score (nSPS) is 8.91. The van der Waals surface area contributed by atoms with E-state index in [1.807, 2.05) is 19.9 Å². The number of aromatic amines is 1. The lowest BCUT2D eigenvalue weighted by atomic mass is 10.3. The third-order valence-corrected chi connectivity index (χ3v) is 1.24. The highest BCUT2D eigenvalue weighted by Crippen LogP contribution is 2.04. The molecule has 0 aliphatic carbocycles. The van der Waals surface area contributed by atoms with Crippen LogP contribution in [-0.2, 0) is 0 Å². The average Bonchev–Trinajstić information content (AvgIpc) is 2.55. The Balaban J connectivity index is 0.000000281. The number of H-pyrrole nitrogens is 1. The van der Waals surface area contributed by atoms with Crippen LogP contribution >= 0.6 is 0 Å². The maximum Gasteiger partial charge on any atom is 0.0681 e. The van der Waals surface area contributed by atoms with Crippen LogP contribution in [0.1, 0.15) is 13.8 Å². The second kappa shape index (κ2) is 3.71. The van der Waals surface area contributed by atoms with Gasteiger partial charge in [0.2, 0.25) is 0 Å². The van der Waals surface area contributed by atoms with Crippen LogP contribution in [0.15, 0.2) is 24.7 Å². The zero-order valence-electron chi connectivity index (χ0n) is 6.70. The number of hydrogen-bond donors (Lipinski definition) is 1. The van der Waals surface area contributed by atoms with Gasteiger partial charge >= 0.3 is 0 Å². The summed E-state index contributed by atoms with van der Waals surface area (Å²) >= 11 is 0. The maximum atomic E-state index is 3.93. The molecule has 0 spiro atoms. The number of nitrogens with zero attached hydrogens (tertiary/aromatic N) is 2. The first-order chi connectivity index (χ1) is 5.47. The Kier molecular flexibility index (Phi) is 2.60. The highest BCUT2D eigenvalue weighted by atomic mass is 15.1. The lowest BCUT2D eigenvalue weighted by Crippen LogP contribution is -1.68. The van der Waals surface area contributed by atoms with Crippen LogP contribution in [0.2, 0.25) is 0 Å². The van der Waals surface area contributed by atoms with Crippen molar-refractivity contribution in [2.24, 2.45) is 0 Å². The molecule has 3 nitrogen and oxygen atoms in total. The van der Waals surface area contributed by atoms with Gasteiger partial charge < -0.3 is 0 Å². The minimum Gasteiger partial charge on any atom is -0.278 e. The molecule has 0 saturated carbocycles. The molecule has 58 valence electrons. The molecule has 0 saturated heterocycles. The Morgan fingerprint density at radius 1 is 1.27 bits per heavy atom. The summed E-state index contributed by atoms with van der Waals surface area (Å²) in [5, 5.41) is 7.72. The van der Waals surface area contributed by atoms with Gasteiger partial charge in [0.15, 0.2) is 0 Å². The van der Waals surface area contributed by atoms with E-state index in [2.05, 4.69) is 15.2 Å². The molecule has 0 atom stereocenters. The van der Waals surface area contributed by atoms with Gasteiger partial charge in [0, 0.05) is 17.8 Å². The molecular formula is C8H11N3. The summed E-state index contributed by atoms with van der Waals surface area (Å²) in [4.78, 5) is 3.93. The van der Waals surface area contributed by atoms with E-state index in [4.69, 9.17) is 0 Å². The van der Waals surface area contributed by atoms with E-state index in [9.17, 15) is 0 Å².